The van der Waals surface area contributed by atoms with Crippen LogP contribution in [0, 0.1) is 0 Å². The van der Waals surface area contributed by atoms with Crippen molar-refractivity contribution >= 4 is 16.9 Å². The Morgan fingerprint density at radius 3 is 2.07 bits per heavy atom. The molecule has 0 radical (unpaired) electrons. The lowest BCUT2D eigenvalue weighted by molar-refractivity contribution is -0.143. The van der Waals surface area contributed by atoms with Crippen LogP contribution in [0.2, 0.25) is 0 Å². The SMILES string of the molecule is CCCCCCCCCCCCCCCCCC(=O)OCCCc1cc(OC)c2oc(-c3ccc4c(c3)OCO4)cc2c1. The van der Waals surface area contributed by atoms with Crippen molar-refractivity contribution in [3.05, 3.63) is 42.0 Å². The van der Waals surface area contributed by atoms with Crippen LogP contribution in [0.5, 0.6) is 17.2 Å². The van der Waals surface area contributed by atoms with E-state index in [0.717, 1.165) is 59.5 Å². The van der Waals surface area contributed by atoms with Gasteiger partial charge in [0.05, 0.1) is 13.7 Å². The molecule has 4 rings (SSSR count). The number of aryl methyl sites for hydroxylation is 1. The second-order valence-electron chi connectivity index (χ2n) is 11.9. The zero-order valence-electron chi connectivity index (χ0n) is 26.6. The monoisotopic (exact) mass is 592 g/mol. The third-order valence-corrected chi connectivity index (χ3v) is 8.38. The lowest BCUT2D eigenvalue weighted by atomic mass is 10.0. The second kappa shape index (κ2) is 18.5. The predicted octanol–water partition coefficient (Wildman–Crippen LogP) is 10.6. The van der Waals surface area contributed by atoms with E-state index >= 15 is 0 Å². The molecule has 236 valence electrons. The van der Waals surface area contributed by atoms with Crippen molar-refractivity contribution in [2.24, 2.45) is 0 Å². The van der Waals surface area contributed by atoms with Crippen molar-refractivity contribution in [2.45, 2.75) is 122 Å². The Labute approximate surface area is 258 Å². The number of ether oxygens (including phenoxy) is 4. The quantitative estimate of drug-likeness (QED) is 0.0854. The summed E-state index contributed by atoms with van der Waals surface area (Å²) in [5.41, 5.74) is 2.76. The van der Waals surface area contributed by atoms with Crippen LogP contribution in [0.4, 0.5) is 0 Å². The van der Waals surface area contributed by atoms with Gasteiger partial charge in [0.15, 0.2) is 22.8 Å². The average molecular weight is 593 g/mol. The molecular weight excluding hydrogens is 540 g/mol. The molecule has 0 bridgehead atoms. The first-order chi connectivity index (χ1) is 21.2. The van der Waals surface area contributed by atoms with Gasteiger partial charge in [0.25, 0.3) is 0 Å². The van der Waals surface area contributed by atoms with Gasteiger partial charge in [-0.15, -0.1) is 0 Å². The Hall–Kier alpha value is -3.15. The number of fused-ring (bicyclic) bond motifs is 2. The summed E-state index contributed by atoms with van der Waals surface area (Å²) in [7, 11) is 1.65. The summed E-state index contributed by atoms with van der Waals surface area (Å²) in [6, 6.07) is 11.9. The molecule has 6 nitrogen and oxygen atoms in total. The molecule has 0 saturated heterocycles. The van der Waals surface area contributed by atoms with Crippen LogP contribution in [-0.4, -0.2) is 26.5 Å². The summed E-state index contributed by atoms with van der Waals surface area (Å²) in [5.74, 6) is 2.84. The first-order valence-electron chi connectivity index (χ1n) is 16.8. The molecule has 43 heavy (non-hydrogen) atoms. The number of furan rings is 1. The number of esters is 1. The molecular formula is C37H52O6. The van der Waals surface area contributed by atoms with Crippen molar-refractivity contribution in [2.75, 3.05) is 20.5 Å². The summed E-state index contributed by atoms with van der Waals surface area (Å²) in [4.78, 5) is 12.2. The van der Waals surface area contributed by atoms with Gasteiger partial charge in [-0.2, -0.15) is 0 Å². The maximum Gasteiger partial charge on any atom is 0.305 e. The van der Waals surface area contributed by atoms with Gasteiger partial charge in [0.2, 0.25) is 6.79 Å². The number of carbonyl (C=O) groups excluding carboxylic acids is 1. The normalized spacial score (nSPS) is 12.2. The lowest BCUT2D eigenvalue weighted by Gasteiger charge is -2.07. The van der Waals surface area contributed by atoms with Gasteiger partial charge in [-0.25, -0.2) is 0 Å². The molecule has 6 heteroatoms. The van der Waals surface area contributed by atoms with E-state index in [1.54, 1.807) is 7.11 Å². The molecule has 0 fully saturated rings. The topological polar surface area (TPSA) is 67.1 Å². The van der Waals surface area contributed by atoms with Crippen LogP contribution >= 0.6 is 0 Å². The highest BCUT2D eigenvalue weighted by atomic mass is 16.7. The van der Waals surface area contributed by atoms with Crippen LogP contribution in [0.25, 0.3) is 22.3 Å². The third-order valence-electron chi connectivity index (χ3n) is 8.38. The van der Waals surface area contributed by atoms with Gasteiger partial charge in [0.1, 0.15) is 5.76 Å². The highest BCUT2D eigenvalue weighted by Gasteiger charge is 2.17. The van der Waals surface area contributed by atoms with E-state index in [2.05, 4.69) is 13.0 Å². The zero-order chi connectivity index (χ0) is 30.1. The smallest absolute Gasteiger partial charge is 0.305 e. The van der Waals surface area contributed by atoms with Gasteiger partial charge >= 0.3 is 5.97 Å². The summed E-state index contributed by atoms with van der Waals surface area (Å²) >= 11 is 0. The zero-order valence-corrected chi connectivity index (χ0v) is 26.6. The molecule has 3 aromatic rings. The van der Waals surface area contributed by atoms with Gasteiger partial charge < -0.3 is 23.4 Å². The number of methoxy groups -OCH3 is 1. The number of benzene rings is 2. The van der Waals surface area contributed by atoms with Crippen LogP contribution in [-0.2, 0) is 16.0 Å². The third kappa shape index (κ3) is 10.8. The highest BCUT2D eigenvalue weighted by molar-refractivity contribution is 5.88. The first-order valence-corrected chi connectivity index (χ1v) is 16.8. The Bertz CT molecular complexity index is 1250. The van der Waals surface area contributed by atoms with E-state index in [-0.39, 0.29) is 12.8 Å². The average Bonchev–Trinajstić information content (AvgIpc) is 3.67. The van der Waals surface area contributed by atoms with Crippen LogP contribution in [0.3, 0.4) is 0 Å². The molecule has 0 unspecified atom stereocenters. The van der Waals surface area contributed by atoms with Crippen LogP contribution in [0.1, 0.15) is 122 Å². The number of carbonyl (C=O) groups is 1. The van der Waals surface area contributed by atoms with Crippen molar-refractivity contribution in [3.8, 4) is 28.6 Å². The van der Waals surface area contributed by atoms with Crippen molar-refractivity contribution in [3.63, 3.8) is 0 Å². The minimum Gasteiger partial charge on any atom is -0.493 e. The fourth-order valence-corrected chi connectivity index (χ4v) is 5.84. The Morgan fingerprint density at radius 2 is 1.40 bits per heavy atom. The Balaban J connectivity index is 1.05. The molecule has 1 aliphatic heterocycles. The van der Waals surface area contributed by atoms with Crippen molar-refractivity contribution in [1.82, 2.24) is 0 Å². The largest absolute Gasteiger partial charge is 0.493 e. The molecule has 1 aromatic heterocycles. The molecule has 2 aromatic carbocycles. The van der Waals surface area contributed by atoms with E-state index < -0.39 is 0 Å². The van der Waals surface area contributed by atoms with Crippen LogP contribution < -0.4 is 14.2 Å². The number of hydrogen-bond acceptors (Lipinski definition) is 6. The van der Waals surface area contributed by atoms with Crippen molar-refractivity contribution in [1.29, 1.82) is 0 Å². The van der Waals surface area contributed by atoms with E-state index in [1.165, 1.54) is 83.5 Å². The first kappa shape index (κ1) is 32.8. The molecule has 0 spiro atoms. The molecule has 0 atom stereocenters. The Kier molecular flexibility index (Phi) is 14.1. The predicted molar refractivity (Wildman–Crippen MR) is 173 cm³/mol. The highest BCUT2D eigenvalue weighted by Crippen LogP contribution is 2.39. The molecule has 1 aliphatic rings. The number of unbranched alkanes of at least 4 members (excludes halogenated alkanes) is 14. The van der Waals surface area contributed by atoms with Crippen LogP contribution in [0.15, 0.2) is 40.8 Å². The Morgan fingerprint density at radius 1 is 0.744 bits per heavy atom. The maximum atomic E-state index is 12.2. The summed E-state index contributed by atoms with van der Waals surface area (Å²) < 4.78 is 28.2. The van der Waals surface area contributed by atoms with Gasteiger partial charge in [0, 0.05) is 17.4 Å². The van der Waals surface area contributed by atoms with Crippen molar-refractivity contribution < 1.29 is 28.2 Å². The van der Waals surface area contributed by atoms with E-state index in [9.17, 15) is 4.79 Å². The fourth-order valence-electron chi connectivity index (χ4n) is 5.84. The molecule has 0 aliphatic carbocycles. The molecule has 2 heterocycles. The van der Waals surface area contributed by atoms with E-state index in [4.69, 9.17) is 23.4 Å². The minimum absolute atomic E-state index is 0.0778. The second-order valence-corrected chi connectivity index (χ2v) is 11.9. The fraction of sp³-hybridized carbons (Fsp3) is 0.595. The summed E-state index contributed by atoms with van der Waals surface area (Å²) in [5, 5.41) is 0.979. The summed E-state index contributed by atoms with van der Waals surface area (Å²) in [6.45, 7) is 2.95. The number of hydrogen-bond donors (Lipinski definition) is 0. The van der Waals surface area contributed by atoms with Gasteiger partial charge in [-0.3, -0.25) is 4.79 Å². The number of rotatable bonds is 22. The standard InChI is InChI=1S/C37H52O6/c1-3-4-5-6-7-8-9-10-11-12-13-14-15-16-17-20-36(38)40-23-18-19-29-24-31-27-33(43-37(31)35(25-29)39-2)30-21-22-32-34(26-30)42-28-41-32/h21-22,24-27H,3-20,23,28H2,1-2H3. The molecule has 0 saturated carbocycles. The molecule has 0 N–H and O–H groups in total. The van der Waals surface area contributed by atoms with E-state index in [1.807, 2.05) is 30.3 Å². The minimum atomic E-state index is -0.0778. The van der Waals surface area contributed by atoms with Gasteiger partial charge in [-0.1, -0.05) is 96.8 Å². The van der Waals surface area contributed by atoms with Gasteiger partial charge in [-0.05, 0) is 61.2 Å². The molecule has 0 amide bonds. The lowest BCUT2D eigenvalue weighted by Crippen LogP contribution is -2.06. The maximum absolute atomic E-state index is 12.2. The summed E-state index contributed by atoms with van der Waals surface area (Å²) in [6.07, 6.45) is 21.9. The van der Waals surface area contributed by atoms with E-state index in [0.29, 0.717) is 24.4 Å².